The molecular formula is C84H54F14Ir2N17O10Re2Ru-6. The quantitative estimate of drug-likeness (QED) is 0.0531. The maximum absolute atomic E-state index is 13.2. The Hall–Kier alpha value is -13.7. The minimum Gasteiger partial charge on any atom is -0.649 e. The van der Waals surface area contributed by atoms with Crippen molar-refractivity contribution >= 4 is 59.3 Å². The van der Waals surface area contributed by atoms with Gasteiger partial charge in [-0.25, -0.2) is 38.4 Å². The zero-order valence-electron chi connectivity index (χ0n) is 65.6. The molecule has 0 aliphatic heterocycles. The van der Waals surface area contributed by atoms with Gasteiger partial charge in [-0.05, 0) is 128 Å². The largest absolute Gasteiger partial charge is 1.00 e. The van der Waals surface area contributed by atoms with Gasteiger partial charge in [-0.1, -0.05) is 115 Å². The number of alkyl halides is 12. The molecule has 0 bridgehead atoms. The fourth-order valence-electron chi connectivity index (χ4n) is 8.24. The van der Waals surface area contributed by atoms with E-state index in [2.05, 4.69) is 98.2 Å². The SMILES string of the molecule is CC(=O)[N-]Cc1ccccn1.Cc1cc(-c2ccccn2)[n-]n1.FC(F)(F)c1cc(-c2ccccn2)[n-]n1.FC(F)(F)c1n[n-]c(-c2ccccn2)c1C(F)(F)F.Fc1c[c-]c(-c2ccccn2)c(F)c1.O=C([N-]Cc1ccccn1)C(F)(F)F.O=C=C=O.O=C=C=O.O=C=C=O.O=C=C=O.[Ir].[Ir].[Re].[Re].[Ru+].[c-]1ccccc1-c1ccccn1.c1ccc(-c2ccccn2)nc1. The molecule has 679 valence electrons. The monoisotopic (exact) mass is 2590 g/mol. The first kappa shape index (κ1) is 120. The van der Waals surface area contributed by atoms with Gasteiger partial charge in [0, 0.05) is 189 Å². The number of hydrogen-bond donors (Lipinski definition) is 0. The number of carbonyl (C=O) groups is 2. The fraction of sp³-hybridized carbons (Fsp3) is 0.0952. The molecule has 2 aromatic carbocycles. The van der Waals surface area contributed by atoms with Crippen LogP contribution in [0.5, 0.6) is 0 Å². The summed E-state index contributed by atoms with van der Waals surface area (Å²) in [6.45, 7) is 3.39. The fourth-order valence-corrected chi connectivity index (χ4v) is 8.24. The van der Waals surface area contributed by atoms with E-state index in [-0.39, 0.29) is 130 Å². The van der Waals surface area contributed by atoms with Crippen molar-refractivity contribution in [2.75, 3.05) is 0 Å². The molecule has 14 rings (SSSR count). The normalized spacial score (nSPS) is 9.35. The van der Waals surface area contributed by atoms with E-state index in [1.165, 1.54) is 37.5 Å². The van der Waals surface area contributed by atoms with Gasteiger partial charge in [-0.15, -0.1) is 48.0 Å². The average molecular weight is 2590 g/mol. The number of aryl methyl sites for hydroxylation is 1. The van der Waals surface area contributed by atoms with Crippen molar-refractivity contribution in [2.24, 2.45) is 0 Å². The molecule has 0 aliphatic carbocycles. The van der Waals surface area contributed by atoms with Gasteiger partial charge < -0.3 is 60.8 Å². The molecule has 12 heterocycles. The molecular weight excluding hydrogens is 2530 g/mol. The Morgan fingerprint density at radius 3 is 1.07 bits per heavy atom. The molecule has 0 unspecified atom stereocenters. The summed E-state index contributed by atoms with van der Waals surface area (Å²) in [6, 6.07) is 65.5. The number of nitrogens with zero attached hydrogens (tertiary/aromatic N) is 17. The second-order valence-corrected chi connectivity index (χ2v) is 22.0. The van der Waals surface area contributed by atoms with Gasteiger partial charge in [0.2, 0.25) is 47.5 Å². The molecule has 0 fully saturated rings. The van der Waals surface area contributed by atoms with Crippen LogP contribution in [0, 0.1) is 30.7 Å². The van der Waals surface area contributed by atoms with Crippen LogP contribution in [0.15, 0.2) is 268 Å². The Morgan fingerprint density at radius 2 is 0.754 bits per heavy atom. The Balaban J connectivity index is -0.00000138. The third kappa shape index (κ3) is 49.4. The van der Waals surface area contributed by atoms with Crippen LogP contribution in [-0.2, 0) is 180 Å². The van der Waals surface area contributed by atoms with E-state index < -0.39 is 64.9 Å². The molecule has 14 aromatic rings. The maximum atomic E-state index is 13.2. The van der Waals surface area contributed by atoms with Crippen molar-refractivity contribution in [1.29, 1.82) is 0 Å². The summed E-state index contributed by atoms with van der Waals surface area (Å²) < 4.78 is 173. The predicted molar refractivity (Wildman–Crippen MR) is 416 cm³/mol. The van der Waals surface area contributed by atoms with Gasteiger partial charge in [0.15, 0.2) is 5.91 Å². The summed E-state index contributed by atoms with van der Waals surface area (Å²) in [5, 5.41) is 26.4. The van der Waals surface area contributed by atoms with Crippen LogP contribution < -0.4 is 15.3 Å². The van der Waals surface area contributed by atoms with Crippen molar-refractivity contribution in [1.82, 2.24) is 75.4 Å². The number of hydrogen-bond acceptors (Lipinski definition) is 22. The van der Waals surface area contributed by atoms with E-state index in [9.17, 15) is 71.1 Å². The van der Waals surface area contributed by atoms with Gasteiger partial charge in [-0.3, -0.25) is 43.7 Å². The summed E-state index contributed by atoms with van der Waals surface area (Å²) in [6.07, 6.45) is -5.45. The topological polar surface area (TPSA) is 396 Å². The van der Waals surface area contributed by atoms with Crippen molar-refractivity contribution in [3.05, 3.63) is 337 Å². The van der Waals surface area contributed by atoms with E-state index in [0.717, 1.165) is 123 Å². The summed E-state index contributed by atoms with van der Waals surface area (Å²) in [5.74, 6) is 3.48. The molecule has 0 aliphatic rings. The molecule has 0 atom stereocenters. The van der Waals surface area contributed by atoms with Crippen LogP contribution in [0.1, 0.15) is 41.0 Å². The molecule has 12 aromatic heterocycles. The van der Waals surface area contributed by atoms with E-state index in [1.807, 2.05) is 128 Å². The zero-order chi connectivity index (χ0) is 92.3. The molecule has 5 radical (unpaired) electrons. The third-order valence-corrected chi connectivity index (χ3v) is 13.3. The number of aromatic nitrogens is 15. The van der Waals surface area contributed by atoms with Crippen molar-refractivity contribution in [3.8, 4) is 68.1 Å². The van der Waals surface area contributed by atoms with Crippen LogP contribution in [0.2, 0.25) is 0 Å². The van der Waals surface area contributed by atoms with Gasteiger partial charge in [-0.2, -0.15) is 52.7 Å². The van der Waals surface area contributed by atoms with E-state index in [4.69, 9.17) is 38.4 Å². The van der Waals surface area contributed by atoms with Crippen molar-refractivity contribution in [2.45, 2.75) is 51.6 Å². The average Bonchev–Trinajstić information content (AvgIpc) is 1.62. The smallest absolute Gasteiger partial charge is 0.649 e. The standard InChI is InChI=1S/C11H6F2N.C11H8N.C10H4F6N3.C10H8N2.C9H5F3N3.C9H8N3.C8H7F3N2O.C8H10N2O.4C2O2.2Ir.2Re.Ru/c12-8-4-5-9(10(13)7-8)11-3-1-2-6-14-11;1-2-6-10(7-3-1)11-8-4-5-9-12-11;11-9(12,13)6-7(5-3-1-2-4-17-5)18-19-8(6)10(14,15)16;1-3-7-11-9(5-1)10-6-2-4-8-12-10;10-9(11,12)8-5-7(14-15-8)6-3-1-2-4-13-6;1-7-6-9(12-11-7)8-4-2-3-5-10-8;9-8(10,11)7(14)13-5-6-3-1-2-4-12-6;1-7(11)10-6-8-4-2-3-5-9-8;4*3-1-2-4;;;;;/h1-4,6-7H;1-6,8-9H;1-4H;1-8H;1-5H;2-6H,1H3;1-4H,5H2,(H,13,14);2-5H,6H2,1H3,(H,10,11);;;;;;;;;/q3*-1;;2*-1;;;;;;;;;;;+1/p-2. The van der Waals surface area contributed by atoms with Gasteiger partial charge in [0.1, 0.15) is 11.4 Å². The van der Waals surface area contributed by atoms with Crippen LogP contribution in [0.4, 0.5) is 61.5 Å². The molecule has 27 nitrogen and oxygen atoms in total. The molecule has 0 saturated carbocycles. The Morgan fingerprint density at radius 1 is 0.392 bits per heavy atom. The van der Waals surface area contributed by atoms with E-state index in [0.29, 0.717) is 23.6 Å². The number of amides is 2. The number of carbonyl (C=O) groups excluding carboxylic acids is 10. The summed E-state index contributed by atoms with van der Waals surface area (Å²) >= 11 is 0. The molecule has 46 heteroatoms. The van der Waals surface area contributed by atoms with Crippen LogP contribution in [0.25, 0.3) is 78.7 Å². The van der Waals surface area contributed by atoms with E-state index in [1.54, 1.807) is 85.7 Å². The second kappa shape index (κ2) is 67.5. The minimum atomic E-state index is -5.23. The van der Waals surface area contributed by atoms with Gasteiger partial charge >= 0.3 is 44.2 Å². The Labute approximate surface area is 795 Å². The summed E-state index contributed by atoms with van der Waals surface area (Å²) in [5.41, 5.74) is 2.54. The van der Waals surface area contributed by atoms with Gasteiger partial charge in [0.25, 0.3) is 0 Å². The van der Waals surface area contributed by atoms with Crippen LogP contribution >= 0.6 is 0 Å². The second-order valence-electron chi connectivity index (χ2n) is 22.0. The molecule has 0 spiro atoms. The molecule has 130 heavy (non-hydrogen) atoms. The number of halogens is 14. The summed E-state index contributed by atoms with van der Waals surface area (Å²) in [7, 11) is 0. The van der Waals surface area contributed by atoms with Gasteiger partial charge in [0.05, 0.1) is 17.0 Å². The predicted octanol–water partition coefficient (Wildman–Crippen LogP) is 14.5. The number of benzene rings is 2. The first-order valence-corrected chi connectivity index (χ1v) is 34.0. The van der Waals surface area contributed by atoms with Crippen LogP contribution in [0.3, 0.4) is 0 Å². The third-order valence-electron chi connectivity index (χ3n) is 13.3. The van der Waals surface area contributed by atoms with Crippen LogP contribution in [-0.4, -0.2) is 126 Å². The Bertz CT molecular complexity index is 5530. The number of pyridine rings is 9. The maximum Gasteiger partial charge on any atom is 1.00 e. The molecule has 0 N–H and O–H groups in total. The van der Waals surface area contributed by atoms with Crippen molar-refractivity contribution in [3.63, 3.8) is 0 Å². The first-order valence-electron chi connectivity index (χ1n) is 34.0. The van der Waals surface area contributed by atoms with E-state index >= 15 is 0 Å². The molecule has 2 amide bonds. The number of rotatable bonds is 10. The van der Waals surface area contributed by atoms with Crippen molar-refractivity contribution < 1.29 is 210 Å². The minimum absolute atomic E-state index is 0. The zero-order valence-corrected chi connectivity index (χ0v) is 77.5. The Kier molecular flexibility index (Phi) is 62.6. The first-order chi connectivity index (χ1) is 59.8. The molecule has 0 saturated heterocycles. The summed E-state index contributed by atoms with van der Waals surface area (Å²) in [4.78, 5) is 126.